The van der Waals surface area contributed by atoms with E-state index in [4.69, 9.17) is 4.74 Å². The van der Waals surface area contributed by atoms with E-state index in [-0.39, 0.29) is 18.9 Å². The Bertz CT molecular complexity index is 708. The fourth-order valence-electron chi connectivity index (χ4n) is 1.96. The van der Waals surface area contributed by atoms with Crippen LogP contribution in [0.2, 0.25) is 0 Å². The molecule has 23 heavy (non-hydrogen) atoms. The first-order chi connectivity index (χ1) is 10.8. The van der Waals surface area contributed by atoms with Crippen LogP contribution in [0.3, 0.4) is 0 Å². The summed E-state index contributed by atoms with van der Waals surface area (Å²) >= 11 is 0. The smallest absolute Gasteiger partial charge is 0.407 e. The minimum Gasteiger partial charge on any atom is -0.444 e. The second-order valence-corrected chi connectivity index (χ2v) is 6.14. The highest BCUT2D eigenvalue weighted by Crippen LogP contribution is 2.16. The van der Waals surface area contributed by atoms with E-state index in [1.165, 1.54) is 0 Å². The molecule has 0 spiro atoms. The summed E-state index contributed by atoms with van der Waals surface area (Å²) in [7, 11) is 0. The van der Waals surface area contributed by atoms with Gasteiger partial charge in [0.25, 0.3) is 0 Å². The highest BCUT2D eigenvalue weighted by atomic mass is 16.6. The van der Waals surface area contributed by atoms with Gasteiger partial charge in [0.1, 0.15) is 5.60 Å². The van der Waals surface area contributed by atoms with Gasteiger partial charge in [0.2, 0.25) is 5.91 Å². The van der Waals surface area contributed by atoms with Crippen LogP contribution in [0.25, 0.3) is 10.9 Å². The molecular formula is C17H21N3O3. The van der Waals surface area contributed by atoms with Crippen molar-refractivity contribution in [3.63, 3.8) is 0 Å². The molecule has 0 saturated carbocycles. The second-order valence-electron chi connectivity index (χ2n) is 6.14. The number of anilines is 1. The summed E-state index contributed by atoms with van der Waals surface area (Å²) in [5.74, 6) is -0.196. The van der Waals surface area contributed by atoms with E-state index in [2.05, 4.69) is 15.6 Å². The molecule has 0 fully saturated rings. The third-order valence-electron chi connectivity index (χ3n) is 2.89. The first-order valence-electron chi connectivity index (χ1n) is 7.45. The van der Waals surface area contributed by atoms with Crippen molar-refractivity contribution in [3.8, 4) is 0 Å². The molecule has 0 bridgehead atoms. The summed E-state index contributed by atoms with van der Waals surface area (Å²) < 4.78 is 5.09. The maximum absolute atomic E-state index is 11.9. The molecule has 2 aromatic rings. The first kappa shape index (κ1) is 16.7. The maximum atomic E-state index is 11.9. The lowest BCUT2D eigenvalue weighted by Crippen LogP contribution is -2.34. The Labute approximate surface area is 135 Å². The van der Waals surface area contributed by atoms with Crippen molar-refractivity contribution in [2.45, 2.75) is 32.8 Å². The number of nitrogens with zero attached hydrogens (tertiary/aromatic N) is 1. The zero-order chi connectivity index (χ0) is 16.9. The largest absolute Gasteiger partial charge is 0.444 e. The van der Waals surface area contributed by atoms with Crippen LogP contribution in [-0.2, 0) is 9.53 Å². The van der Waals surface area contributed by atoms with Gasteiger partial charge in [-0.05, 0) is 32.9 Å². The van der Waals surface area contributed by atoms with Crippen molar-refractivity contribution in [3.05, 3.63) is 36.5 Å². The van der Waals surface area contributed by atoms with Crippen molar-refractivity contribution in [1.29, 1.82) is 0 Å². The van der Waals surface area contributed by atoms with Crippen molar-refractivity contribution in [1.82, 2.24) is 10.3 Å². The normalized spacial score (nSPS) is 11.1. The number of carbonyl (C=O) groups is 2. The Kier molecular flexibility index (Phi) is 5.16. The van der Waals surface area contributed by atoms with Crippen LogP contribution in [0.5, 0.6) is 0 Å². The zero-order valence-electron chi connectivity index (χ0n) is 13.6. The van der Waals surface area contributed by atoms with Crippen molar-refractivity contribution in [2.24, 2.45) is 0 Å². The molecule has 1 aromatic carbocycles. The Morgan fingerprint density at radius 1 is 1.22 bits per heavy atom. The predicted molar refractivity (Wildman–Crippen MR) is 89.2 cm³/mol. The van der Waals surface area contributed by atoms with Gasteiger partial charge < -0.3 is 15.4 Å². The fourth-order valence-corrected chi connectivity index (χ4v) is 1.96. The molecule has 2 rings (SSSR count). The molecule has 0 unspecified atom stereocenters. The van der Waals surface area contributed by atoms with Gasteiger partial charge in [-0.3, -0.25) is 9.78 Å². The lowest BCUT2D eigenvalue weighted by Gasteiger charge is -2.19. The molecule has 1 aromatic heterocycles. The van der Waals surface area contributed by atoms with Crippen LogP contribution in [0.4, 0.5) is 10.5 Å². The van der Waals surface area contributed by atoms with Gasteiger partial charge in [-0.1, -0.05) is 18.2 Å². The van der Waals surface area contributed by atoms with Crippen molar-refractivity contribution >= 4 is 28.6 Å². The molecule has 0 atom stereocenters. The number of alkyl carbamates (subject to hydrolysis) is 1. The van der Waals surface area contributed by atoms with Crippen LogP contribution in [0.15, 0.2) is 36.5 Å². The molecule has 122 valence electrons. The van der Waals surface area contributed by atoms with Gasteiger partial charge in [-0.15, -0.1) is 0 Å². The minimum atomic E-state index is -0.552. The Balaban J connectivity index is 1.81. The average molecular weight is 315 g/mol. The third-order valence-corrected chi connectivity index (χ3v) is 2.89. The summed E-state index contributed by atoms with van der Waals surface area (Å²) in [6.07, 6.45) is 1.24. The SMILES string of the molecule is CC(C)(C)OC(=O)NCCC(=O)Nc1cnc2ccccc2c1. The predicted octanol–water partition coefficient (Wildman–Crippen LogP) is 3.09. The molecule has 0 radical (unpaired) electrons. The summed E-state index contributed by atoms with van der Waals surface area (Å²) in [5, 5.41) is 6.27. The van der Waals surface area contributed by atoms with E-state index in [1.54, 1.807) is 27.0 Å². The number of hydrogen-bond donors (Lipinski definition) is 2. The molecule has 0 saturated heterocycles. The number of nitrogens with one attached hydrogen (secondary N) is 2. The number of benzene rings is 1. The zero-order valence-corrected chi connectivity index (χ0v) is 13.6. The fraction of sp³-hybridized carbons (Fsp3) is 0.353. The molecule has 2 N–H and O–H groups in total. The van der Waals surface area contributed by atoms with E-state index in [9.17, 15) is 9.59 Å². The second kappa shape index (κ2) is 7.09. The monoisotopic (exact) mass is 315 g/mol. The molecule has 6 nitrogen and oxygen atoms in total. The first-order valence-corrected chi connectivity index (χ1v) is 7.45. The van der Waals surface area contributed by atoms with Crippen LogP contribution in [0.1, 0.15) is 27.2 Å². The molecule has 2 amide bonds. The number of pyridine rings is 1. The van der Waals surface area contributed by atoms with Crippen LogP contribution in [0, 0.1) is 0 Å². The number of fused-ring (bicyclic) bond motifs is 1. The van der Waals surface area contributed by atoms with Crippen LogP contribution in [-0.4, -0.2) is 29.1 Å². The molecule has 1 heterocycles. The van der Waals surface area contributed by atoms with Gasteiger partial charge in [-0.2, -0.15) is 0 Å². The highest BCUT2D eigenvalue weighted by molar-refractivity contribution is 5.93. The molecule has 0 aliphatic rings. The van der Waals surface area contributed by atoms with Gasteiger partial charge >= 0.3 is 6.09 Å². The lowest BCUT2D eigenvalue weighted by molar-refractivity contribution is -0.116. The number of rotatable bonds is 4. The number of para-hydroxylation sites is 1. The van der Waals surface area contributed by atoms with E-state index >= 15 is 0 Å². The number of aromatic nitrogens is 1. The lowest BCUT2D eigenvalue weighted by atomic mass is 10.2. The summed E-state index contributed by atoms with van der Waals surface area (Å²) in [5.41, 5.74) is 0.950. The van der Waals surface area contributed by atoms with E-state index < -0.39 is 11.7 Å². The topological polar surface area (TPSA) is 80.3 Å². The average Bonchev–Trinajstić information content (AvgIpc) is 2.45. The maximum Gasteiger partial charge on any atom is 0.407 e. The summed E-state index contributed by atoms with van der Waals surface area (Å²) in [6.45, 7) is 5.56. The molecule has 0 aliphatic heterocycles. The van der Waals surface area contributed by atoms with Gasteiger partial charge in [0.15, 0.2) is 0 Å². The Morgan fingerprint density at radius 2 is 1.96 bits per heavy atom. The standard InChI is InChI=1S/C17H21N3O3/c1-17(2,3)23-16(22)18-9-8-15(21)20-13-10-12-6-4-5-7-14(12)19-11-13/h4-7,10-11H,8-9H2,1-3H3,(H,18,22)(H,20,21). The van der Waals surface area contributed by atoms with Gasteiger partial charge in [-0.25, -0.2) is 4.79 Å². The van der Waals surface area contributed by atoms with E-state index in [0.717, 1.165) is 10.9 Å². The molecular weight excluding hydrogens is 294 g/mol. The quantitative estimate of drug-likeness (QED) is 0.908. The van der Waals surface area contributed by atoms with Crippen molar-refractivity contribution in [2.75, 3.05) is 11.9 Å². The van der Waals surface area contributed by atoms with Crippen molar-refractivity contribution < 1.29 is 14.3 Å². The number of ether oxygens (including phenoxy) is 1. The van der Waals surface area contributed by atoms with Gasteiger partial charge in [0.05, 0.1) is 17.4 Å². The third kappa shape index (κ3) is 5.58. The number of hydrogen-bond acceptors (Lipinski definition) is 4. The number of amides is 2. The summed E-state index contributed by atoms with van der Waals surface area (Å²) in [6, 6.07) is 9.53. The Morgan fingerprint density at radius 3 is 2.70 bits per heavy atom. The van der Waals surface area contributed by atoms with Gasteiger partial charge in [0, 0.05) is 18.4 Å². The summed E-state index contributed by atoms with van der Waals surface area (Å²) in [4.78, 5) is 27.6. The van der Waals surface area contributed by atoms with E-state index in [0.29, 0.717) is 5.69 Å². The van der Waals surface area contributed by atoms with E-state index in [1.807, 2.05) is 30.3 Å². The highest BCUT2D eigenvalue weighted by Gasteiger charge is 2.15. The Hall–Kier alpha value is -2.63. The van der Waals surface area contributed by atoms with Crippen LogP contribution >= 0.6 is 0 Å². The number of carbonyl (C=O) groups excluding carboxylic acids is 2. The van der Waals surface area contributed by atoms with Crippen LogP contribution < -0.4 is 10.6 Å². The molecule has 6 heteroatoms. The molecule has 0 aliphatic carbocycles. The minimum absolute atomic E-state index is 0.159.